The molecule has 0 aliphatic carbocycles. The highest BCUT2D eigenvalue weighted by Gasteiger charge is 2.25. The Balaban J connectivity index is 0.00000196. The second kappa shape index (κ2) is 8.85. The number of benzene rings is 1. The van der Waals surface area contributed by atoms with Gasteiger partial charge >= 0.3 is 0 Å². The van der Waals surface area contributed by atoms with Gasteiger partial charge in [-0.15, -0.1) is 35.3 Å². The van der Waals surface area contributed by atoms with Gasteiger partial charge in [0.2, 0.25) is 0 Å². The second-order valence-corrected chi connectivity index (χ2v) is 7.21. The van der Waals surface area contributed by atoms with Gasteiger partial charge in [0.05, 0.1) is 12.2 Å². The van der Waals surface area contributed by atoms with E-state index in [-0.39, 0.29) is 24.0 Å². The van der Waals surface area contributed by atoms with E-state index >= 15 is 0 Å². The van der Waals surface area contributed by atoms with Crippen LogP contribution >= 0.6 is 35.3 Å². The van der Waals surface area contributed by atoms with Crippen molar-refractivity contribution < 1.29 is 0 Å². The summed E-state index contributed by atoms with van der Waals surface area (Å²) in [5.41, 5.74) is 2.44. The van der Waals surface area contributed by atoms with Gasteiger partial charge in [-0.3, -0.25) is 4.40 Å². The minimum Gasteiger partial charge on any atom is -0.357 e. The number of nitrogens with zero attached hydrogens (tertiary/aromatic N) is 4. The van der Waals surface area contributed by atoms with Gasteiger partial charge in [-0.25, -0.2) is 9.98 Å². The largest absolute Gasteiger partial charge is 0.357 e. The summed E-state index contributed by atoms with van der Waals surface area (Å²) in [7, 11) is 0. The molecule has 1 unspecified atom stereocenters. The van der Waals surface area contributed by atoms with Crippen LogP contribution in [0, 0.1) is 0 Å². The lowest BCUT2D eigenvalue weighted by molar-refractivity contribution is 0.486. The number of fused-ring (bicyclic) bond motifs is 1. The predicted molar refractivity (Wildman–Crippen MR) is 119 cm³/mol. The molecule has 7 heteroatoms. The smallest absolute Gasteiger partial charge is 0.194 e. The van der Waals surface area contributed by atoms with Gasteiger partial charge in [0.15, 0.2) is 10.9 Å². The summed E-state index contributed by atoms with van der Waals surface area (Å²) in [6, 6.07) is 10.8. The molecular formula is C19H24IN5S. The van der Waals surface area contributed by atoms with Crippen molar-refractivity contribution in [3.05, 3.63) is 59.4 Å². The molecule has 1 N–H and O–H groups in total. The molecule has 1 aliphatic heterocycles. The van der Waals surface area contributed by atoms with Crippen molar-refractivity contribution in [1.29, 1.82) is 0 Å². The average molecular weight is 481 g/mol. The molecule has 1 fully saturated rings. The second-order valence-electron chi connectivity index (χ2n) is 6.34. The zero-order chi connectivity index (χ0) is 17.1. The van der Waals surface area contributed by atoms with Gasteiger partial charge in [-0.1, -0.05) is 30.3 Å². The standard InChI is InChI=1S/C19H23N5S.HI/c1-2-20-18(21-12-17-14-24-10-11-25-19(24)22-17)23-9-8-16(13-23)15-6-4-3-5-7-15;/h3-7,10-11,14,16H,2,8-9,12-13H2,1H3,(H,20,21);1H. The van der Waals surface area contributed by atoms with Crippen LogP contribution in [0.4, 0.5) is 0 Å². The third-order valence-electron chi connectivity index (χ3n) is 4.63. The normalized spacial score (nSPS) is 17.5. The number of hydrogen-bond acceptors (Lipinski definition) is 3. The lowest BCUT2D eigenvalue weighted by Gasteiger charge is -2.21. The molecule has 1 aliphatic rings. The first kappa shape index (κ1) is 19.2. The Morgan fingerprint density at radius 3 is 2.96 bits per heavy atom. The van der Waals surface area contributed by atoms with E-state index < -0.39 is 0 Å². The van der Waals surface area contributed by atoms with Gasteiger partial charge in [0, 0.05) is 43.3 Å². The zero-order valence-corrected chi connectivity index (χ0v) is 18.0. The first-order valence-electron chi connectivity index (χ1n) is 8.83. The number of rotatable bonds is 4. The molecule has 0 saturated carbocycles. The van der Waals surface area contributed by atoms with E-state index in [0.717, 1.165) is 36.2 Å². The first-order valence-corrected chi connectivity index (χ1v) is 9.70. The van der Waals surface area contributed by atoms with Crippen molar-refractivity contribution in [1.82, 2.24) is 19.6 Å². The highest BCUT2D eigenvalue weighted by Crippen LogP contribution is 2.27. The van der Waals surface area contributed by atoms with Crippen LogP contribution < -0.4 is 5.32 Å². The number of nitrogens with one attached hydrogen (secondary N) is 1. The zero-order valence-electron chi connectivity index (χ0n) is 14.8. The van der Waals surface area contributed by atoms with Crippen LogP contribution in [-0.4, -0.2) is 39.9 Å². The molecule has 0 bridgehead atoms. The summed E-state index contributed by atoms with van der Waals surface area (Å²) in [6.45, 7) is 5.68. The van der Waals surface area contributed by atoms with Gasteiger partial charge < -0.3 is 10.2 Å². The molecule has 1 saturated heterocycles. The summed E-state index contributed by atoms with van der Waals surface area (Å²) in [4.78, 5) is 12.9. The van der Waals surface area contributed by atoms with Crippen LogP contribution in [0.1, 0.15) is 30.5 Å². The van der Waals surface area contributed by atoms with Crippen LogP contribution in [0.2, 0.25) is 0 Å². The fourth-order valence-electron chi connectivity index (χ4n) is 3.38. The van der Waals surface area contributed by atoms with E-state index in [1.165, 1.54) is 12.0 Å². The summed E-state index contributed by atoms with van der Waals surface area (Å²) >= 11 is 1.65. The van der Waals surface area contributed by atoms with E-state index in [0.29, 0.717) is 12.5 Å². The number of halogens is 1. The summed E-state index contributed by atoms with van der Waals surface area (Å²) in [5.74, 6) is 1.58. The van der Waals surface area contributed by atoms with Crippen LogP contribution in [0.15, 0.2) is 53.1 Å². The number of guanidine groups is 1. The molecular weight excluding hydrogens is 457 g/mol. The van der Waals surface area contributed by atoms with Crippen molar-refractivity contribution in [3.8, 4) is 0 Å². The average Bonchev–Trinajstić information content (AvgIpc) is 3.35. The molecule has 4 rings (SSSR count). The summed E-state index contributed by atoms with van der Waals surface area (Å²) < 4.78 is 2.06. The fourth-order valence-corrected chi connectivity index (χ4v) is 4.10. The Hall–Kier alpha value is -1.61. The monoisotopic (exact) mass is 481 g/mol. The first-order chi connectivity index (χ1) is 12.3. The van der Waals surface area contributed by atoms with E-state index in [1.807, 2.05) is 11.6 Å². The van der Waals surface area contributed by atoms with Crippen LogP contribution in [-0.2, 0) is 6.54 Å². The maximum atomic E-state index is 4.83. The molecule has 3 aromatic rings. The predicted octanol–water partition coefficient (Wildman–Crippen LogP) is 3.97. The highest BCUT2D eigenvalue weighted by molar-refractivity contribution is 14.0. The molecule has 26 heavy (non-hydrogen) atoms. The van der Waals surface area contributed by atoms with Crippen molar-refractivity contribution in [3.63, 3.8) is 0 Å². The van der Waals surface area contributed by atoms with Gasteiger partial charge in [0.1, 0.15) is 0 Å². The number of imidazole rings is 1. The van der Waals surface area contributed by atoms with Crippen LogP contribution in [0.3, 0.4) is 0 Å². The molecule has 5 nitrogen and oxygen atoms in total. The van der Waals surface area contributed by atoms with Crippen molar-refractivity contribution in [2.24, 2.45) is 4.99 Å². The SMILES string of the molecule is CCNC(=NCc1cn2ccsc2n1)N1CCC(c2ccccc2)C1.I. The molecule has 0 radical (unpaired) electrons. The van der Waals surface area contributed by atoms with Crippen LogP contribution in [0.5, 0.6) is 0 Å². The van der Waals surface area contributed by atoms with Gasteiger partial charge in [-0.2, -0.15) is 0 Å². The number of aliphatic imine (C=N–C) groups is 1. The third kappa shape index (κ3) is 4.20. The van der Waals surface area contributed by atoms with Crippen LogP contribution in [0.25, 0.3) is 4.96 Å². The summed E-state index contributed by atoms with van der Waals surface area (Å²) in [5, 5.41) is 5.49. The van der Waals surface area contributed by atoms with E-state index in [1.54, 1.807) is 11.3 Å². The maximum Gasteiger partial charge on any atom is 0.194 e. The van der Waals surface area contributed by atoms with Crippen molar-refractivity contribution >= 4 is 46.2 Å². The fraction of sp³-hybridized carbons (Fsp3) is 0.368. The van der Waals surface area contributed by atoms with Crippen molar-refractivity contribution in [2.45, 2.75) is 25.8 Å². The van der Waals surface area contributed by atoms with Crippen molar-refractivity contribution in [2.75, 3.05) is 19.6 Å². The minimum atomic E-state index is 0. The van der Waals surface area contributed by atoms with Gasteiger partial charge in [0.25, 0.3) is 0 Å². The Bertz CT molecular complexity index is 829. The number of likely N-dealkylation sites (tertiary alicyclic amines) is 1. The van der Waals surface area contributed by atoms with Gasteiger partial charge in [-0.05, 0) is 18.9 Å². The molecule has 3 heterocycles. The Kier molecular flexibility index (Phi) is 6.53. The Labute approximate surface area is 175 Å². The molecule has 0 amide bonds. The number of hydrogen-bond donors (Lipinski definition) is 1. The molecule has 1 atom stereocenters. The topological polar surface area (TPSA) is 44.9 Å². The lowest BCUT2D eigenvalue weighted by atomic mass is 9.99. The molecule has 0 spiro atoms. The minimum absolute atomic E-state index is 0. The van der Waals surface area contributed by atoms with E-state index in [4.69, 9.17) is 4.99 Å². The Morgan fingerprint density at radius 1 is 1.35 bits per heavy atom. The number of thiazole rings is 1. The highest BCUT2D eigenvalue weighted by atomic mass is 127. The number of aromatic nitrogens is 2. The summed E-state index contributed by atoms with van der Waals surface area (Å²) in [6.07, 6.45) is 5.28. The quantitative estimate of drug-likeness (QED) is 0.349. The van der Waals surface area contributed by atoms with E-state index in [2.05, 4.69) is 63.1 Å². The third-order valence-corrected chi connectivity index (χ3v) is 5.40. The lowest BCUT2D eigenvalue weighted by Crippen LogP contribution is -2.40. The molecule has 1 aromatic carbocycles. The Morgan fingerprint density at radius 2 is 2.19 bits per heavy atom. The molecule has 2 aromatic heterocycles. The maximum absolute atomic E-state index is 4.83. The molecule has 138 valence electrons. The van der Waals surface area contributed by atoms with E-state index in [9.17, 15) is 0 Å².